The molecule has 0 aromatic carbocycles. The van der Waals surface area contributed by atoms with Gasteiger partial charge in [0.25, 0.3) is 5.91 Å². The molecule has 21 heavy (non-hydrogen) atoms. The molecule has 1 aromatic heterocycles. The lowest BCUT2D eigenvalue weighted by atomic mass is 10.3. The average molecular weight is 308 g/mol. The highest BCUT2D eigenvalue weighted by Gasteiger charge is 2.23. The van der Waals surface area contributed by atoms with Crippen LogP contribution in [0.15, 0.2) is 18.2 Å². The summed E-state index contributed by atoms with van der Waals surface area (Å²) in [5.41, 5.74) is 0. The van der Waals surface area contributed by atoms with E-state index in [2.05, 4.69) is 0 Å². The number of carboxylic acid groups (broad SMARTS) is 1. The Bertz CT molecular complexity index is 586. The van der Waals surface area contributed by atoms with E-state index in [1.165, 1.54) is 24.3 Å². The minimum atomic E-state index is -1.02. The molecule has 1 fully saturated rings. The van der Waals surface area contributed by atoms with E-state index in [1.807, 2.05) is 0 Å². The third kappa shape index (κ3) is 3.91. The van der Waals surface area contributed by atoms with Crippen molar-refractivity contribution in [2.75, 3.05) is 26.2 Å². The van der Waals surface area contributed by atoms with E-state index in [9.17, 15) is 14.4 Å². The van der Waals surface area contributed by atoms with Crippen LogP contribution in [0.5, 0.6) is 0 Å². The van der Waals surface area contributed by atoms with Gasteiger partial charge in [-0.25, -0.2) is 4.79 Å². The molecule has 1 aliphatic rings. The van der Waals surface area contributed by atoms with Crippen molar-refractivity contribution in [1.29, 1.82) is 0 Å². The molecule has 0 aliphatic carbocycles. The highest BCUT2D eigenvalue weighted by atomic mass is 32.1. The zero-order valence-corrected chi connectivity index (χ0v) is 12.4. The van der Waals surface area contributed by atoms with Crippen molar-refractivity contribution < 1.29 is 19.5 Å². The summed E-state index contributed by atoms with van der Waals surface area (Å²) in [5, 5.41) is 8.57. The lowest BCUT2D eigenvalue weighted by Gasteiger charge is -2.33. The standard InChI is InChI=1S/C14H16N2O4S/c1-10(17)15-6-8-16(9-7-15)14(20)12-4-2-11(21-12)3-5-13(18)19/h2-5H,6-9H2,1H3,(H,18,19). The lowest BCUT2D eigenvalue weighted by Crippen LogP contribution is -2.49. The van der Waals surface area contributed by atoms with Gasteiger partial charge in [-0.05, 0) is 18.2 Å². The summed E-state index contributed by atoms with van der Waals surface area (Å²) in [6.07, 6.45) is 2.52. The number of carboxylic acids is 1. The fourth-order valence-electron chi connectivity index (χ4n) is 2.09. The first-order valence-electron chi connectivity index (χ1n) is 6.53. The maximum absolute atomic E-state index is 12.3. The number of thiophene rings is 1. The van der Waals surface area contributed by atoms with E-state index >= 15 is 0 Å². The molecule has 2 heterocycles. The van der Waals surface area contributed by atoms with Crippen LogP contribution < -0.4 is 0 Å². The predicted octanol–water partition coefficient (Wildman–Crippen LogP) is 1.15. The highest BCUT2D eigenvalue weighted by Crippen LogP contribution is 2.20. The van der Waals surface area contributed by atoms with Gasteiger partial charge >= 0.3 is 5.97 Å². The summed E-state index contributed by atoms with van der Waals surface area (Å²) >= 11 is 1.26. The predicted molar refractivity (Wildman–Crippen MR) is 79.1 cm³/mol. The number of hydrogen-bond donors (Lipinski definition) is 1. The van der Waals surface area contributed by atoms with Crippen molar-refractivity contribution in [2.45, 2.75) is 6.92 Å². The van der Waals surface area contributed by atoms with Crippen LogP contribution >= 0.6 is 11.3 Å². The quantitative estimate of drug-likeness (QED) is 0.850. The van der Waals surface area contributed by atoms with Gasteiger partial charge in [-0.15, -0.1) is 11.3 Å². The Balaban J connectivity index is 1.98. The minimum Gasteiger partial charge on any atom is -0.478 e. The third-order valence-corrected chi connectivity index (χ3v) is 4.28. The second-order valence-electron chi connectivity index (χ2n) is 4.67. The molecule has 0 spiro atoms. The fraction of sp³-hybridized carbons (Fsp3) is 0.357. The van der Waals surface area contributed by atoms with Gasteiger partial charge in [0.05, 0.1) is 4.88 Å². The molecule has 6 nitrogen and oxygen atoms in total. The summed E-state index contributed by atoms with van der Waals surface area (Å²) in [4.78, 5) is 38.8. The van der Waals surface area contributed by atoms with Crippen molar-refractivity contribution in [2.24, 2.45) is 0 Å². The van der Waals surface area contributed by atoms with Gasteiger partial charge in [-0.2, -0.15) is 0 Å². The molecular weight excluding hydrogens is 292 g/mol. The van der Waals surface area contributed by atoms with Crippen molar-refractivity contribution >= 4 is 35.2 Å². The first kappa shape index (κ1) is 15.2. The van der Waals surface area contributed by atoms with Gasteiger partial charge in [-0.3, -0.25) is 9.59 Å². The maximum atomic E-state index is 12.3. The van der Waals surface area contributed by atoms with Crippen LogP contribution in [0.2, 0.25) is 0 Å². The molecule has 0 atom stereocenters. The number of carbonyl (C=O) groups excluding carboxylic acids is 2. The molecule has 0 radical (unpaired) electrons. The third-order valence-electron chi connectivity index (χ3n) is 3.24. The Morgan fingerprint density at radius 1 is 1.14 bits per heavy atom. The van der Waals surface area contributed by atoms with E-state index in [0.717, 1.165) is 11.0 Å². The van der Waals surface area contributed by atoms with Crippen molar-refractivity contribution in [3.63, 3.8) is 0 Å². The van der Waals surface area contributed by atoms with E-state index in [-0.39, 0.29) is 11.8 Å². The van der Waals surface area contributed by atoms with E-state index in [4.69, 9.17) is 5.11 Å². The Labute approximate surface area is 126 Å². The van der Waals surface area contributed by atoms with Gasteiger partial charge in [0.1, 0.15) is 0 Å². The van der Waals surface area contributed by atoms with Crippen LogP contribution in [0.3, 0.4) is 0 Å². The monoisotopic (exact) mass is 308 g/mol. The van der Waals surface area contributed by atoms with E-state index in [0.29, 0.717) is 31.1 Å². The molecular formula is C14H16N2O4S. The fourth-order valence-corrected chi connectivity index (χ4v) is 2.97. The molecule has 2 rings (SSSR count). The Hall–Kier alpha value is -2.15. The molecule has 7 heteroatoms. The zero-order chi connectivity index (χ0) is 15.4. The number of hydrogen-bond acceptors (Lipinski definition) is 4. The van der Waals surface area contributed by atoms with Crippen LogP contribution in [0.1, 0.15) is 21.5 Å². The Morgan fingerprint density at radius 2 is 1.76 bits per heavy atom. The summed E-state index contributed by atoms with van der Waals surface area (Å²) in [5.74, 6) is -1.06. The zero-order valence-electron chi connectivity index (χ0n) is 11.6. The Kier molecular flexibility index (Phi) is 4.74. The summed E-state index contributed by atoms with van der Waals surface area (Å²) in [6, 6.07) is 3.43. The van der Waals surface area contributed by atoms with Crippen molar-refractivity contribution in [3.05, 3.63) is 28.0 Å². The largest absolute Gasteiger partial charge is 0.478 e. The highest BCUT2D eigenvalue weighted by molar-refractivity contribution is 7.14. The lowest BCUT2D eigenvalue weighted by molar-refractivity contribution is -0.131. The molecule has 1 aromatic rings. The molecule has 2 amide bonds. The van der Waals surface area contributed by atoms with E-state index < -0.39 is 5.97 Å². The summed E-state index contributed by atoms with van der Waals surface area (Å²) in [6.45, 7) is 3.68. The number of aliphatic carboxylic acids is 1. The number of rotatable bonds is 3. The van der Waals surface area contributed by atoms with Crippen LogP contribution in [0.4, 0.5) is 0 Å². The first-order chi connectivity index (χ1) is 9.97. The number of amides is 2. The van der Waals surface area contributed by atoms with Crippen LogP contribution in [0.25, 0.3) is 6.08 Å². The topological polar surface area (TPSA) is 77.9 Å². The second kappa shape index (κ2) is 6.53. The maximum Gasteiger partial charge on any atom is 0.328 e. The second-order valence-corrected chi connectivity index (χ2v) is 5.79. The van der Waals surface area contributed by atoms with Gasteiger partial charge in [0, 0.05) is 44.1 Å². The van der Waals surface area contributed by atoms with Crippen LogP contribution in [-0.4, -0.2) is 58.9 Å². The normalized spacial score (nSPS) is 15.5. The van der Waals surface area contributed by atoms with E-state index in [1.54, 1.807) is 21.9 Å². The van der Waals surface area contributed by atoms with Crippen LogP contribution in [0, 0.1) is 0 Å². The first-order valence-corrected chi connectivity index (χ1v) is 7.34. The molecule has 0 unspecified atom stereocenters. The Morgan fingerprint density at radius 3 is 2.33 bits per heavy atom. The smallest absolute Gasteiger partial charge is 0.328 e. The van der Waals surface area contributed by atoms with Gasteiger partial charge in [0.15, 0.2) is 0 Å². The van der Waals surface area contributed by atoms with Crippen molar-refractivity contribution in [1.82, 2.24) is 9.80 Å². The summed E-state index contributed by atoms with van der Waals surface area (Å²) in [7, 11) is 0. The molecule has 1 saturated heterocycles. The van der Waals surface area contributed by atoms with Gasteiger partial charge < -0.3 is 14.9 Å². The molecule has 112 valence electrons. The average Bonchev–Trinajstić information content (AvgIpc) is 2.93. The summed E-state index contributed by atoms with van der Waals surface area (Å²) < 4.78 is 0. The molecule has 1 N–H and O–H groups in total. The number of nitrogens with zero attached hydrogens (tertiary/aromatic N) is 2. The van der Waals surface area contributed by atoms with Crippen LogP contribution in [-0.2, 0) is 9.59 Å². The molecule has 0 saturated carbocycles. The number of piperazine rings is 1. The minimum absolute atomic E-state index is 0.0271. The van der Waals surface area contributed by atoms with Gasteiger partial charge in [0.2, 0.25) is 5.91 Å². The van der Waals surface area contributed by atoms with Gasteiger partial charge in [-0.1, -0.05) is 0 Å². The molecule has 1 aliphatic heterocycles. The van der Waals surface area contributed by atoms with Crippen molar-refractivity contribution in [3.8, 4) is 0 Å². The SMILES string of the molecule is CC(=O)N1CCN(C(=O)c2ccc(C=CC(=O)O)s2)CC1. The number of carbonyl (C=O) groups is 3. The molecule has 0 bridgehead atoms.